The zero-order chi connectivity index (χ0) is 13.3. The average molecular weight is 247 g/mol. The van der Waals surface area contributed by atoms with Gasteiger partial charge in [0, 0.05) is 20.8 Å². The van der Waals surface area contributed by atoms with Gasteiger partial charge in [0.2, 0.25) is 5.91 Å². The Hall–Kier alpha value is -1.34. The third-order valence-corrected chi connectivity index (χ3v) is 2.39. The van der Waals surface area contributed by atoms with E-state index in [-0.39, 0.29) is 17.8 Å². The highest BCUT2D eigenvalue weighted by molar-refractivity contribution is 6.01. The van der Waals surface area contributed by atoms with Crippen LogP contribution >= 0.6 is 0 Å². The number of methoxy groups -OCH3 is 2. The normalized spacial score (nSPS) is 15.4. The second kappa shape index (κ2) is 8.77. The highest BCUT2D eigenvalue weighted by Crippen LogP contribution is 2.03. The molecular weight excluding hydrogens is 226 g/mol. The molecule has 0 saturated carbocycles. The Morgan fingerprint density at radius 1 is 1.53 bits per heavy atom. The first-order valence-corrected chi connectivity index (χ1v) is 5.37. The van der Waals surface area contributed by atoms with Crippen molar-refractivity contribution in [3.8, 4) is 0 Å². The summed E-state index contributed by atoms with van der Waals surface area (Å²) in [7, 11) is 3.09. The second-order valence-corrected chi connectivity index (χ2v) is 3.54. The first kappa shape index (κ1) is 15.7. The number of amidine groups is 1. The highest BCUT2D eigenvalue weighted by atomic mass is 16.5. The molecule has 0 aliphatic heterocycles. The summed E-state index contributed by atoms with van der Waals surface area (Å²) >= 11 is 0. The molecular formula is C10H21N3O4. The van der Waals surface area contributed by atoms with E-state index in [1.807, 2.05) is 0 Å². The van der Waals surface area contributed by atoms with Crippen LogP contribution in [0.2, 0.25) is 0 Å². The second-order valence-electron chi connectivity index (χ2n) is 3.54. The molecule has 2 atom stereocenters. The van der Waals surface area contributed by atoms with Crippen molar-refractivity contribution in [2.75, 3.05) is 27.4 Å². The van der Waals surface area contributed by atoms with Gasteiger partial charge in [-0.3, -0.25) is 4.79 Å². The Kier molecular flexibility index (Phi) is 8.08. The Morgan fingerprint density at radius 2 is 2.18 bits per heavy atom. The molecule has 100 valence electrons. The van der Waals surface area contributed by atoms with E-state index in [1.165, 1.54) is 7.11 Å². The van der Waals surface area contributed by atoms with Crippen LogP contribution in [0.3, 0.4) is 0 Å². The maximum Gasteiger partial charge on any atom is 0.230 e. The van der Waals surface area contributed by atoms with Gasteiger partial charge in [-0.25, -0.2) is 0 Å². The van der Waals surface area contributed by atoms with Gasteiger partial charge in [-0.15, -0.1) is 0 Å². The number of nitrogens with two attached hydrogens (primary N) is 1. The van der Waals surface area contributed by atoms with Crippen LogP contribution in [-0.2, 0) is 14.3 Å². The van der Waals surface area contributed by atoms with Crippen molar-refractivity contribution in [1.29, 1.82) is 0 Å². The third-order valence-electron chi connectivity index (χ3n) is 2.39. The number of nitrogens with zero attached hydrogens (tertiary/aromatic N) is 1. The van der Waals surface area contributed by atoms with E-state index in [1.54, 1.807) is 14.0 Å². The molecule has 4 N–H and O–H groups in total. The van der Waals surface area contributed by atoms with E-state index in [2.05, 4.69) is 10.5 Å². The number of carbonyl (C=O) groups excluding carboxylic acids is 1. The lowest BCUT2D eigenvalue weighted by Crippen LogP contribution is -2.42. The number of amides is 1. The van der Waals surface area contributed by atoms with Crippen molar-refractivity contribution in [2.24, 2.45) is 16.8 Å². The number of nitrogens with one attached hydrogen (secondary N) is 1. The van der Waals surface area contributed by atoms with Crippen molar-refractivity contribution >= 4 is 11.7 Å². The van der Waals surface area contributed by atoms with Gasteiger partial charge in [0.05, 0.1) is 18.6 Å². The predicted octanol–water partition coefficient (Wildman–Crippen LogP) is -0.463. The molecule has 0 aromatic heterocycles. The molecule has 0 aliphatic rings. The predicted molar refractivity (Wildman–Crippen MR) is 62.9 cm³/mol. The summed E-state index contributed by atoms with van der Waals surface area (Å²) in [5, 5.41) is 14.0. The van der Waals surface area contributed by atoms with E-state index < -0.39 is 5.92 Å². The first-order valence-electron chi connectivity index (χ1n) is 5.37. The van der Waals surface area contributed by atoms with Crippen LogP contribution in [0, 0.1) is 5.92 Å². The monoisotopic (exact) mass is 247 g/mol. The number of hydrogen-bond donors (Lipinski definition) is 3. The van der Waals surface area contributed by atoms with Crippen LogP contribution in [0.5, 0.6) is 0 Å². The summed E-state index contributed by atoms with van der Waals surface area (Å²) in [4.78, 5) is 11.7. The van der Waals surface area contributed by atoms with E-state index >= 15 is 0 Å². The quantitative estimate of drug-likeness (QED) is 0.233. The topological polar surface area (TPSA) is 106 Å². The Bertz CT molecular complexity index is 258. The molecule has 7 heteroatoms. The van der Waals surface area contributed by atoms with E-state index in [0.717, 1.165) is 0 Å². The van der Waals surface area contributed by atoms with Crippen LogP contribution < -0.4 is 11.1 Å². The minimum absolute atomic E-state index is 0.0919. The summed E-state index contributed by atoms with van der Waals surface area (Å²) in [5.74, 6) is -1.01. The molecule has 2 unspecified atom stereocenters. The molecule has 0 aromatic carbocycles. The number of rotatable bonds is 8. The molecule has 0 heterocycles. The summed E-state index contributed by atoms with van der Waals surface area (Å²) < 4.78 is 10.0. The summed E-state index contributed by atoms with van der Waals surface area (Å²) in [6, 6.07) is 0. The Labute approximate surface area is 101 Å². The largest absolute Gasteiger partial charge is 0.409 e. The fraction of sp³-hybridized carbons (Fsp3) is 0.800. The molecule has 0 bridgehead atoms. The van der Waals surface area contributed by atoms with Crippen LogP contribution in [-0.4, -0.2) is 50.4 Å². The maximum atomic E-state index is 11.7. The van der Waals surface area contributed by atoms with Crippen LogP contribution in [0.4, 0.5) is 0 Å². The number of hydrogen-bond acceptors (Lipinski definition) is 5. The summed E-state index contributed by atoms with van der Waals surface area (Å²) in [6.45, 7) is 2.49. The zero-order valence-electron chi connectivity index (χ0n) is 10.5. The van der Waals surface area contributed by atoms with E-state index in [4.69, 9.17) is 20.4 Å². The first-order chi connectivity index (χ1) is 8.10. The van der Waals surface area contributed by atoms with Crippen molar-refractivity contribution in [3.63, 3.8) is 0 Å². The Balaban J connectivity index is 4.23. The van der Waals surface area contributed by atoms with Gasteiger partial charge in [0.1, 0.15) is 0 Å². The average Bonchev–Trinajstić information content (AvgIpc) is 2.34. The van der Waals surface area contributed by atoms with Crippen molar-refractivity contribution in [2.45, 2.75) is 19.4 Å². The molecule has 1 amide bonds. The van der Waals surface area contributed by atoms with Gasteiger partial charge in [-0.1, -0.05) is 12.1 Å². The van der Waals surface area contributed by atoms with Crippen LogP contribution in [0.25, 0.3) is 0 Å². The minimum Gasteiger partial charge on any atom is -0.409 e. The fourth-order valence-corrected chi connectivity index (χ4v) is 1.33. The third kappa shape index (κ3) is 5.50. The molecule has 0 aliphatic carbocycles. The van der Waals surface area contributed by atoms with Gasteiger partial charge in [0.25, 0.3) is 0 Å². The molecule has 0 rings (SSSR count). The van der Waals surface area contributed by atoms with E-state index in [9.17, 15) is 4.79 Å². The van der Waals surface area contributed by atoms with Crippen molar-refractivity contribution in [3.05, 3.63) is 0 Å². The molecule has 0 aromatic rings. The van der Waals surface area contributed by atoms with Gasteiger partial charge < -0.3 is 25.7 Å². The fourth-order valence-electron chi connectivity index (χ4n) is 1.33. The number of carbonyl (C=O) groups is 1. The number of ether oxygens (including phenoxy) is 2. The lowest BCUT2D eigenvalue weighted by atomic mass is 10.0. The number of oxime groups is 1. The smallest absolute Gasteiger partial charge is 0.230 e. The van der Waals surface area contributed by atoms with Crippen molar-refractivity contribution < 1.29 is 19.5 Å². The maximum absolute atomic E-state index is 11.7. The lowest BCUT2D eigenvalue weighted by Gasteiger charge is -2.18. The SMILES string of the molecule is CCC(C(=O)NCC(COC)OC)C(N)=NO. The molecule has 17 heavy (non-hydrogen) atoms. The van der Waals surface area contributed by atoms with E-state index in [0.29, 0.717) is 19.6 Å². The lowest BCUT2D eigenvalue weighted by molar-refractivity contribution is -0.123. The Morgan fingerprint density at radius 3 is 2.59 bits per heavy atom. The standard InChI is InChI=1S/C10H21N3O4/c1-4-8(9(11)13-15)10(14)12-5-7(17-3)6-16-2/h7-8,15H,4-6H2,1-3H3,(H2,11,13)(H,12,14). The molecule has 0 fully saturated rings. The van der Waals surface area contributed by atoms with Gasteiger partial charge >= 0.3 is 0 Å². The van der Waals surface area contributed by atoms with Crippen LogP contribution in [0.1, 0.15) is 13.3 Å². The highest BCUT2D eigenvalue weighted by Gasteiger charge is 2.21. The zero-order valence-corrected chi connectivity index (χ0v) is 10.5. The molecule has 0 spiro atoms. The summed E-state index contributed by atoms with van der Waals surface area (Å²) in [5.41, 5.74) is 5.41. The van der Waals surface area contributed by atoms with Gasteiger partial charge in [-0.05, 0) is 6.42 Å². The molecule has 7 nitrogen and oxygen atoms in total. The van der Waals surface area contributed by atoms with Gasteiger partial charge in [-0.2, -0.15) is 0 Å². The van der Waals surface area contributed by atoms with Crippen LogP contribution in [0.15, 0.2) is 5.16 Å². The van der Waals surface area contributed by atoms with Gasteiger partial charge in [0.15, 0.2) is 5.84 Å². The summed E-state index contributed by atoms with van der Waals surface area (Å²) in [6.07, 6.45) is 0.248. The minimum atomic E-state index is -0.625. The van der Waals surface area contributed by atoms with Crippen molar-refractivity contribution in [1.82, 2.24) is 5.32 Å². The molecule has 0 radical (unpaired) electrons. The molecule has 0 saturated heterocycles.